The predicted molar refractivity (Wildman–Crippen MR) is 46.4 cm³/mol. The summed E-state index contributed by atoms with van der Waals surface area (Å²) in [6.07, 6.45) is 0. The van der Waals surface area contributed by atoms with Crippen LogP contribution in [0, 0.1) is 20.2 Å². The molecule has 0 aliphatic rings. The molecule has 0 spiro atoms. The molecule has 0 aliphatic heterocycles. The van der Waals surface area contributed by atoms with Gasteiger partial charge in [0.15, 0.2) is 0 Å². The highest BCUT2D eigenvalue weighted by Crippen LogP contribution is 2.32. The number of nitrogens with zero attached hydrogens (tertiary/aromatic N) is 3. The van der Waals surface area contributed by atoms with E-state index in [4.69, 9.17) is 11.5 Å². The Morgan fingerprint density at radius 2 is 1.79 bits per heavy atom. The summed E-state index contributed by atoms with van der Waals surface area (Å²) >= 11 is 0. The molecule has 74 valence electrons. The summed E-state index contributed by atoms with van der Waals surface area (Å²) < 4.78 is 0. The summed E-state index contributed by atoms with van der Waals surface area (Å²) in [4.78, 5) is 22.2. The number of hydrogen-bond donors (Lipinski definition) is 2. The minimum atomic E-state index is -0.972. The van der Waals surface area contributed by atoms with Crippen LogP contribution in [0.5, 0.6) is 0 Å². The number of nitrogen functional groups attached to an aromatic ring is 2. The van der Waals surface area contributed by atoms with Crippen LogP contribution in [0.4, 0.5) is 23.0 Å². The molecule has 14 heavy (non-hydrogen) atoms. The normalized spacial score (nSPS) is 9.71. The van der Waals surface area contributed by atoms with Gasteiger partial charge in [-0.25, -0.2) is 4.98 Å². The summed E-state index contributed by atoms with van der Waals surface area (Å²) in [7, 11) is 0. The molecule has 1 heterocycles. The van der Waals surface area contributed by atoms with Crippen LogP contribution in [0.2, 0.25) is 0 Å². The average Bonchev–Trinajstić information content (AvgIpc) is 2.01. The first-order chi connectivity index (χ1) is 6.43. The largest absolute Gasteiger partial charge is 0.387 e. The van der Waals surface area contributed by atoms with Gasteiger partial charge in [0.05, 0.1) is 15.9 Å². The standard InChI is InChI=1S/C5H5N5O4/c6-3-1-2(9(11)12)4(10(13)14)5(7)8-3/h1H,(H4,6,7,8). The van der Waals surface area contributed by atoms with Crippen LogP contribution in [-0.4, -0.2) is 14.8 Å². The molecule has 0 aliphatic carbocycles. The first-order valence-corrected chi connectivity index (χ1v) is 3.28. The molecular weight excluding hydrogens is 194 g/mol. The zero-order chi connectivity index (χ0) is 10.9. The van der Waals surface area contributed by atoms with Crippen LogP contribution < -0.4 is 11.5 Å². The maximum absolute atomic E-state index is 10.4. The maximum Gasteiger partial charge on any atom is 0.387 e. The molecule has 9 heteroatoms. The number of anilines is 2. The second-order valence-corrected chi connectivity index (χ2v) is 2.31. The topological polar surface area (TPSA) is 151 Å². The van der Waals surface area contributed by atoms with E-state index in [-0.39, 0.29) is 5.82 Å². The number of rotatable bonds is 2. The van der Waals surface area contributed by atoms with Gasteiger partial charge in [0.1, 0.15) is 5.82 Å². The van der Waals surface area contributed by atoms with Crippen LogP contribution in [-0.2, 0) is 0 Å². The van der Waals surface area contributed by atoms with Gasteiger partial charge in [0.2, 0.25) is 5.82 Å². The van der Waals surface area contributed by atoms with Gasteiger partial charge in [-0.15, -0.1) is 0 Å². The Labute approximate surface area is 76.6 Å². The Bertz CT molecular complexity index is 417. The summed E-state index contributed by atoms with van der Waals surface area (Å²) in [5.74, 6) is -0.804. The monoisotopic (exact) mass is 199 g/mol. The van der Waals surface area contributed by atoms with Crippen molar-refractivity contribution < 1.29 is 9.85 Å². The van der Waals surface area contributed by atoms with Crippen molar-refractivity contribution in [2.24, 2.45) is 0 Å². The highest BCUT2D eigenvalue weighted by atomic mass is 16.6. The summed E-state index contributed by atoms with van der Waals surface area (Å²) in [6, 6.07) is 0.786. The Hall–Kier alpha value is -2.45. The highest BCUT2D eigenvalue weighted by molar-refractivity contribution is 5.69. The third-order valence-electron chi connectivity index (χ3n) is 1.40. The molecule has 0 aromatic carbocycles. The molecular formula is C5H5N5O4. The lowest BCUT2D eigenvalue weighted by Gasteiger charge is -1.98. The van der Waals surface area contributed by atoms with Gasteiger partial charge in [0.25, 0.3) is 0 Å². The van der Waals surface area contributed by atoms with Crippen molar-refractivity contribution in [1.82, 2.24) is 4.98 Å². The molecule has 1 aromatic heterocycles. The number of aromatic nitrogens is 1. The fraction of sp³-hybridized carbons (Fsp3) is 0. The molecule has 1 rings (SSSR count). The Morgan fingerprint density at radius 3 is 2.21 bits per heavy atom. The quantitative estimate of drug-likeness (QED) is 0.504. The second kappa shape index (κ2) is 3.12. The summed E-state index contributed by atoms with van der Waals surface area (Å²) in [5.41, 5.74) is 8.66. The van der Waals surface area contributed by atoms with Crippen molar-refractivity contribution in [3.63, 3.8) is 0 Å². The number of pyridine rings is 1. The van der Waals surface area contributed by atoms with E-state index in [1.54, 1.807) is 0 Å². The molecule has 0 unspecified atom stereocenters. The van der Waals surface area contributed by atoms with Gasteiger partial charge < -0.3 is 11.5 Å². The van der Waals surface area contributed by atoms with E-state index >= 15 is 0 Å². The predicted octanol–water partition coefficient (Wildman–Crippen LogP) is 0.0624. The van der Waals surface area contributed by atoms with E-state index in [2.05, 4.69) is 4.98 Å². The lowest BCUT2D eigenvalue weighted by Crippen LogP contribution is -2.05. The molecule has 0 saturated carbocycles. The molecule has 0 radical (unpaired) electrons. The van der Waals surface area contributed by atoms with E-state index in [1.165, 1.54) is 0 Å². The number of nitro groups is 2. The fourth-order valence-corrected chi connectivity index (χ4v) is 0.890. The maximum atomic E-state index is 10.4. The van der Waals surface area contributed by atoms with Crippen molar-refractivity contribution in [3.05, 3.63) is 26.3 Å². The first kappa shape index (κ1) is 9.64. The van der Waals surface area contributed by atoms with E-state index in [1.807, 2.05) is 0 Å². The Kier molecular flexibility index (Phi) is 2.15. The van der Waals surface area contributed by atoms with E-state index in [9.17, 15) is 20.2 Å². The highest BCUT2D eigenvalue weighted by Gasteiger charge is 2.29. The zero-order valence-electron chi connectivity index (χ0n) is 6.71. The van der Waals surface area contributed by atoms with Crippen LogP contribution in [0.15, 0.2) is 6.07 Å². The number of hydrogen-bond acceptors (Lipinski definition) is 7. The summed E-state index contributed by atoms with van der Waals surface area (Å²) in [6.45, 7) is 0. The van der Waals surface area contributed by atoms with Gasteiger partial charge in [-0.3, -0.25) is 20.2 Å². The minimum Gasteiger partial charge on any atom is -0.383 e. The van der Waals surface area contributed by atoms with Crippen molar-refractivity contribution >= 4 is 23.0 Å². The molecule has 9 nitrogen and oxygen atoms in total. The van der Waals surface area contributed by atoms with E-state index in [0.29, 0.717) is 0 Å². The van der Waals surface area contributed by atoms with Crippen molar-refractivity contribution in [2.75, 3.05) is 11.5 Å². The molecule has 0 fully saturated rings. The summed E-state index contributed by atoms with van der Waals surface area (Å²) in [5, 5.41) is 20.8. The van der Waals surface area contributed by atoms with Crippen LogP contribution in [0.3, 0.4) is 0 Å². The molecule has 1 aromatic rings. The first-order valence-electron chi connectivity index (χ1n) is 3.28. The lowest BCUT2D eigenvalue weighted by atomic mass is 10.3. The SMILES string of the molecule is Nc1cc([N+](=O)[O-])c([N+](=O)[O-])c(N)n1. The molecule has 0 bridgehead atoms. The molecule has 0 amide bonds. The van der Waals surface area contributed by atoms with E-state index < -0.39 is 27.0 Å². The van der Waals surface area contributed by atoms with Gasteiger partial charge in [-0.05, 0) is 0 Å². The number of nitrogens with two attached hydrogens (primary N) is 2. The molecule has 0 atom stereocenters. The third-order valence-corrected chi connectivity index (χ3v) is 1.40. The second-order valence-electron chi connectivity index (χ2n) is 2.31. The molecule has 4 N–H and O–H groups in total. The van der Waals surface area contributed by atoms with Gasteiger partial charge in [-0.1, -0.05) is 0 Å². The van der Waals surface area contributed by atoms with Crippen LogP contribution >= 0.6 is 0 Å². The average molecular weight is 199 g/mol. The van der Waals surface area contributed by atoms with Crippen LogP contribution in [0.1, 0.15) is 0 Å². The Balaban J connectivity index is 3.52. The van der Waals surface area contributed by atoms with Gasteiger partial charge in [0, 0.05) is 0 Å². The van der Waals surface area contributed by atoms with Crippen molar-refractivity contribution in [2.45, 2.75) is 0 Å². The smallest absolute Gasteiger partial charge is 0.383 e. The van der Waals surface area contributed by atoms with Crippen molar-refractivity contribution in [1.29, 1.82) is 0 Å². The zero-order valence-corrected chi connectivity index (χ0v) is 6.71. The van der Waals surface area contributed by atoms with Gasteiger partial charge >= 0.3 is 11.4 Å². The minimum absolute atomic E-state index is 0.236. The van der Waals surface area contributed by atoms with Gasteiger partial charge in [-0.2, -0.15) is 0 Å². The third kappa shape index (κ3) is 1.50. The lowest BCUT2D eigenvalue weighted by molar-refractivity contribution is -0.422. The molecule has 0 saturated heterocycles. The Morgan fingerprint density at radius 1 is 1.21 bits per heavy atom. The van der Waals surface area contributed by atoms with Crippen molar-refractivity contribution in [3.8, 4) is 0 Å². The van der Waals surface area contributed by atoms with E-state index in [0.717, 1.165) is 6.07 Å². The fourth-order valence-electron chi connectivity index (χ4n) is 0.890. The van der Waals surface area contributed by atoms with Crippen LogP contribution in [0.25, 0.3) is 0 Å².